The molecule has 170 valence electrons. The minimum atomic E-state index is -0.468. The second-order valence-electron chi connectivity index (χ2n) is 7.65. The minimum Gasteiger partial charge on any atom is -0.497 e. The first-order valence-electron chi connectivity index (χ1n) is 10.3. The van der Waals surface area contributed by atoms with Crippen molar-refractivity contribution in [2.45, 2.75) is 19.1 Å². The van der Waals surface area contributed by atoms with Crippen LogP contribution in [0.15, 0.2) is 71.9 Å². The molecule has 1 unspecified atom stereocenters. The Balaban J connectivity index is 1.53. The van der Waals surface area contributed by atoms with Crippen molar-refractivity contribution in [1.29, 1.82) is 0 Å². The van der Waals surface area contributed by atoms with Crippen molar-refractivity contribution in [1.82, 2.24) is 4.90 Å². The predicted octanol–water partition coefficient (Wildman–Crippen LogP) is 5.98. The highest BCUT2D eigenvalue weighted by Gasteiger charge is 2.28. The van der Waals surface area contributed by atoms with Gasteiger partial charge in [-0.2, -0.15) is 0 Å². The van der Waals surface area contributed by atoms with Gasteiger partial charge in [0, 0.05) is 24.1 Å². The van der Waals surface area contributed by atoms with E-state index in [1.54, 1.807) is 30.2 Å². The summed E-state index contributed by atoms with van der Waals surface area (Å²) in [6.45, 7) is 0.565. The van der Waals surface area contributed by atoms with Crippen molar-refractivity contribution in [3.8, 4) is 5.75 Å². The first-order chi connectivity index (χ1) is 15.9. The number of hydrogen-bond donors (Lipinski definition) is 0. The lowest BCUT2D eigenvalue weighted by Gasteiger charge is -2.25. The van der Waals surface area contributed by atoms with Crippen LogP contribution < -0.4 is 4.74 Å². The molecule has 0 bridgehead atoms. The van der Waals surface area contributed by atoms with E-state index in [9.17, 15) is 9.18 Å². The van der Waals surface area contributed by atoms with E-state index in [4.69, 9.17) is 32.8 Å². The molecule has 0 aliphatic carbocycles. The van der Waals surface area contributed by atoms with Crippen LogP contribution in [0.5, 0.6) is 5.75 Å². The molecule has 0 saturated carbocycles. The van der Waals surface area contributed by atoms with Crippen LogP contribution in [0.25, 0.3) is 0 Å². The lowest BCUT2D eigenvalue weighted by Crippen LogP contribution is -2.37. The summed E-state index contributed by atoms with van der Waals surface area (Å²) in [5.74, 6) is -0.0820. The van der Waals surface area contributed by atoms with Crippen molar-refractivity contribution in [3.05, 3.63) is 99.3 Å². The van der Waals surface area contributed by atoms with E-state index in [0.29, 0.717) is 28.8 Å². The largest absolute Gasteiger partial charge is 0.497 e. The quantitative estimate of drug-likeness (QED) is 0.412. The van der Waals surface area contributed by atoms with Gasteiger partial charge in [-0.3, -0.25) is 4.79 Å². The monoisotopic (exact) mass is 486 g/mol. The van der Waals surface area contributed by atoms with Gasteiger partial charge in [-0.05, 0) is 48.0 Å². The first-order valence-corrected chi connectivity index (χ1v) is 11.0. The lowest BCUT2D eigenvalue weighted by atomic mass is 10.0. The number of rotatable bonds is 7. The van der Waals surface area contributed by atoms with Gasteiger partial charge in [0.1, 0.15) is 11.6 Å². The van der Waals surface area contributed by atoms with Gasteiger partial charge < -0.3 is 14.5 Å². The molecule has 0 radical (unpaired) electrons. The Bertz CT molecular complexity index is 1200. The topological polar surface area (TPSA) is 51.1 Å². The summed E-state index contributed by atoms with van der Waals surface area (Å²) < 4.78 is 19.1. The average Bonchev–Trinajstić information content (AvgIpc) is 3.28. The molecule has 1 aliphatic heterocycles. The van der Waals surface area contributed by atoms with Crippen LogP contribution in [-0.2, 0) is 11.4 Å². The number of nitrogens with zero attached hydrogens (tertiary/aromatic N) is 2. The molecule has 8 heteroatoms. The maximum absolute atomic E-state index is 13.8. The van der Waals surface area contributed by atoms with Crippen LogP contribution >= 0.6 is 23.2 Å². The lowest BCUT2D eigenvalue weighted by molar-refractivity contribution is 0.0405. The Morgan fingerprint density at radius 2 is 1.94 bits per heavy atom. The average molecular weight is 487 g/mol. The van der Waals surface area contributed by atoms with Gasteiger partial charge in [-0.15, -0.1) is 0 Å². The van der Waals surface area contributed by atoms with Gasteiger partial charge in [-0.1, -0.05) is 52.6 Å². The molecule has 5 nitrogen and oxygen atoms in total. The molecule has 0 saturated heterocycles. The maximum atomic E-state index is 13.8. The molecule has 1 amide bonds. The minimum absolute atomic E-state index is 0.265. The van der Waals surface area contributed by atoms with Gasteiger partial charge >= 0.3 is 0 Å². The third kappa shape index (κ3) is 5.64. The SMILES string of the molecule is COc1cccc(CN(CC2CC(c3ccc(Cl)c(Cl)c3)=NO2)C(=O)c2cccc(F)c2)c1. The smallest absolute Gasteiger partial charge is 0.254 e. The second-order valence-corrected chi connectivity index (χ2v) is 8.46. The summed E-state index contributed by atoms with van der Waals surface area (Å²) in [6, 6.07) is 18.4. The van der Waals surface area contributed by atoms with E-state index in [2.05, 4.69) is 5.16 Å². The number of carbonyl (C=O) groups excluding carboxylic acids is 1. The zero-order chi connectivity index (χ0) is 23.4. The van der Waals surface area contributed by atoms with Crippen molar-refractivity contribution in [2.24, 2.45) is 5.16 Å². The molecule has 1 atom stereocenters. The van der Waals surface area contributed by atoms with Crippen LogP contribution in [0.3, 0.4) is 0 Å². The third-order valence-electron chi connectivity index (χ3n) is 5.28. The highest BCUT2D eigenvalue weighted by atomic mass is 35.5. The zero-order valence-electron chi connectivity index (χ0n) is 17.8. The number of amides is 1. The number of carbonyl (C=O) groups is 1. The zero-order valence-corrected chi connectivity index (χ0v) is 19.3. The van der Waals surface area contributed by atoms with Crippen molar-refractivity contribution < 1.29 is 18.8 Å². The molecular weight excluding hydrogens is 466 g/mol. The van der Waals surface area contributed by atoms with E-state index < -0.39 is 5.82 Å². The van der Waals surface area contributed by atoms with Crippen molar-refractivity contribution >= 4 is 34.8 Å². The molecule has 33 heavy (non-hydrogen) atoms. The van der Waals surface area contributed by atoms with Crippen LogP contribution in [0.2, 0.25) is 10.0 Å². The van der Waals surface area contributed by atoms with Crippen molar-refractivity contribution in [3.63, 3.8) is 0 Å². The van der Waals surface area contributed by atoms with E-state index in [1.165, 1.54) is 18.2 Å². The molecule has 1 heterocycles. The molecule has 3 aromatic carbocycles. The van der Waals surface area contributed by atoms with E-state index in [0.717, 1.165) is 16.8 Å². The number of ether oxygens (including phenoxy) is 1. The fourth-order valence-electron chi connectivity index (χ4n) is 3.63. The number of benzene rings is 3. The molecule has 0 spiro atoms. The summed E-state index contributed by atoms with van der Waals surface area (Å²) >= 11 is 12.1. The third-order valence-corrected chi connectivity index (χ3v) is 6.02. The van der Waals surface area contributed by atoms with Crippen LogP contribution in [-0.4, -0.2) is 36.3 Å². The summed E-state index contributed by atoms with van der Waals surface area (Å²) in [6.07, 6.45) is 0.126. The van der Waals surface area contributed by atoms with Gasteiger partial charge in [0.25, 0.3) is 5.91 Å². The Morgan fingerprint density at radius 3 is 2.70 bits per heavy atom. The molecule has 3 aromatic rings. The molecule has 0 aromatic heterocycles. The summed E-state index contributed by atoms with van der Waals surface area (Å²) in [5.41, 5.74) is 2.67. The maximum Gasteiger partial charge on any atom is 0.254 e. The van der Waals surface area contributed by atoms with Gasteiger partial charge in [0.2, 0.25) is 0 Å². The molecule has 0 fully saturated rings. The Kier molecular flexibility index (Phi) is 7.16. The summed E-state index contributed by atoms with van der Waals surface area (Å²) in [7, 11) is 1.59. The normalized spacial score (nSPS) is 15.0. The predicted molar refractivity (Wildman–Crippen MR) is 127 cm³/mol. The second kappa shape index (κ2) is 10.2. The standard InChI is InChI=1S/C25H21Cl2FN2O3/c1-32-20-7-2-4-16(10-20)14-30(25(31)18-5-3-6-19(28)11-18)15-21-13-24(29-33-21)17-8-9-22(26)23(27)12-17/h2-12,21H,13-15H2,1H3. The van der Waals surface area contributed by atoms with Crippen molar-refractivity contribution in [2.75, 3.05) is 13.7 Å². The van der Waals surface area contributed by atoms with Crippen LogP contribution in [0.4, 0.5) is 4.39 Å². The Morgan fingerprint density at radius 1 is 1.12 bits per heavy atom. The number of methoxy groups -OCH3 is 1. The molecule has 4 rings (SSSR count). The van der Waals surface area contributed by atoms with E-state index >= 15 is 0 Å². The Labute approximate surface area is 201 Å². The molecular formula is C25H21Cl2FN2O3. The fourth-order valence-corrected chi connectivity index (χ4v) is 3.93. The number of oxime groups is 1. The van der Waals surface area contributed by atoms with Gasteiger partial charge in [0.15, 0.2) is 6.10 Å². The number of hydrogen-bond acceptors (Lipinski definition) is 4. The van der Waals surface area contributed by atoms with Crippen LogP contribution in [0.1, 0.15) is 27.9 Å². The summed E-state index contributed by atoms with van der Waals surface area (Å²) in [4.78, 5) is 20.5. The van der Waals surface area contributed by atoms with Crippen LogP contribution in [0, 0.1) is 5.82 Å². The molecule has 0 N–H and O–H groups in total. The molecule has 1 aliphatic rings. The highest BCUT2D eigenvalue weighted by molar-refractivity contribution is 6.42. The van der Waals surface area contributed by atoms with E-state index in [-0.39, 0.29) is 24.1 Å². The van der Waals surface area contributed by atoms with Gasteiger partial charge in [-0.25, -0.2) is 4.39 Å². The number of halogens is 3. The highest BCUT2D eigenvalue weighted by Crippen LogP contribution is 2.26. The van der Waals surface area contributed by atoms with Gasteiger partial charge in [0.05, 0.1) is 29.4 Å². The first kappa shape index (κ1) is 23.1. The summed E-state index contributed by atoms with van der Waals surface area (Å²) in [5, 5.41) is 5.08. The fraction of sp³-hybridized carbons (Fsp3) is 0.200. The van der Waals surface area contributed by atoms with E-state index in [1.807, 2.05) is 30.3 Å². The Hall–Kier alpha value is -3.09.